The van der Waals surface area contributed by atoms with Crippen molar-refractivity contribution in [3.05, 3.63) is 70.5 Å². The molecule has 3 heterocycles. The zero-order valence-corrected chi connectivity index (χ0v) is 18.5. The lowest BCUT2D eigenvalue weighted by Gasteiger charge is -2.45. The van der Waals surface area contributed by atoms with Crippen molar-refractivity contribution in [3.8, 4) is 0 Å². The number of nitrogens with zero attached hydrogens (tertiary/aromatic N) is 2. The third-order valence-electron chi connectivity index (χ3n) is 6.38. The molecule has 7 nitrogen and oxygen atoms in total. The van der Waals surface area contributed by atoms with E-state index in [1.165, 1.54) is 5.56 Å². The van der Waals surface area contributed by atoms with Crippen LogP contribution in [0.4, 0.5) is 0 Å². The summed E-state index contributed by atoms with van der Waals surface area (Å²) < 4.78 is 5.98. The Morgan fingerprint density at radius 3 is 2.50 bits per heavy atom. The molecule has 0 aliphatic carbocycles. The highest BCUT2D eigenvalue weighted by Gasteiger charge is 2.59. The number of ether oxygens (including phenoxy) is 1. The van der Waals surface area contributed by atoms with E-state index < -0.39 is 28.5 Å². The lowest BCUT2D eigenvalue weighted by molar-refractivity contribution is -0.148. The van der Waals surface area contributed by atoms with Gasteiger partial charge in [-0.15, -0.1) is 11.8 Å². The Morgan fingerprint density at radius 2 is 1.78 bits per heavy atom. The average molecular weight is 455 g/mol. The summed E-state index contributed by atoms with van der Waals surface area (Å²) in [5.41, 5.74) is 5.93. The van der Waals surface area contributed by atoms with E-state index in [1.807, 2.05) is 18.2 Å². The number of aromatic nitrogens is 2. The SMILES string of the molecule is CCc1ccc(Cc2cccc3nc4c(nc23)[C@]2(OC4)S[C@H](CO)[C@@H](O)[C@H](O)[C@H]2O)cc1. The summed E-state index contributed by atoms with van der Waals surface area (Å²) in [6.45, 7) is 1.89. The van der Waals surface area contributed by atoms with Crippen LogP contribution in [0.3, 0.4) is 0 Å². The Balaban J connectivity index is 1.58. The van der Waals surface area contributed by atoms with Gasteiger partial charge in [-0.05, 0) is 35.6 Å². The summed E-state index contributed by atoms with van der Waals surface area (Å²) in [7, 11) is 0. The maximum absolute atomic E-state index is 10.9. The van der Waals surface area contributed by atoms with Crippen LogP contribution in [0, 0.1) is 0 Å². The number of aliphatic hydroxyl groups is 4. The molecule has 168 valence electrons. The smallest absolute Gasteiger partial charge is 0.187 e. The second-order valence-corrected chi connectivity index (χ2v) is 9.82. The molecule has 1 spiro atoms. The first-order chi connectivity index (χ1) is 15.5. The summed E-state index contributed by atoms with van der Waals surface area (Å²) in [6.07, 6.45) is -2.48. The second kappa shape index (κ2) is 8.37. The molecule has 0 amide bonds. The summed E-state index contributed by atoms with van der Waals surface area (Å²) in [6, 6.07) is 14.4. The fraction of sp³-hybridized carbons (Fsp3) is 0.417. The molecule has 2 aliphatic heterocycles. The van der Waals surface area contributed by atoms with Gasteiger partial charge in [0.15, 0.2) is 4.93 Å². The minimum Gasteiger partial charge on any atom is -0.395 e. The minimum atomic E-state index is -1.47. The van der Waals surface area contributed by atoms with Crippen molar-refractivity contribution in [2.45, 2.75) is 54.9 Å². The van der Waals surface area contributed by atoms with Crippen molar-refractivity contribution < 1.29 is 25.2 Å². The molecule has 2 aliphatic rings. The molecule has 4 N–H and O–H groups in total. The predicted octanol–water partition coefficient (Wildman–Crippen LogP) is 1.66. The quantitative estimate of drug-likeness (QED) is 0.470. The number of fused-ring (bicyclic) bond motifs is 3. The van der Waals surface area contributed by atoms with Gasteiger partial charge in [-0.25, -0.2) is 9.97 Å². The maximum Gasteiger partial charge on any atom is 0.187 e. The van der Waals surface area contributed by atoms with Crippen molar-refractivity contribution in [2.75, 3.05) is 6.61 Å². The lowest BCUT2D eigenvalue weighted by atomic mass is 9.96. The standard InChI is InChI=1S/C24H26N2O5S/c1-2-13-6-8-14(9-7-13)10-15-4-3-5-16-19(15)26-22-17(25-16)12-31-24(22)23(30)21(29)20(28)18(11-27)32-24/h3-9,18,20-21,23,27-30H,2,10-12H2,1H3/t18-,20-,21+,23-,24+/m1/s1. The van der Waals surface area contributed by atoms with Gasteiger partial charge in [0.05, 0.1) is 41.3 Å². The molecular formula is C24H26N2O5S. The van der Waals surface area contributed by atoms with Gasteiger partial charge in [0.25, 0.3) is 0 Å². The Hall–Kier alpha value is -2.07. The highest BCUT2D eigenvalue weighted by molar-refractivity contribution is 8.00. The Labute approximate surface area is 190 Å². The summed E-state index contributed by atoms with van der Waals surface area (Å²) in [5.74, 6) is 0. The zero-order valence-electron chi connectivity index (χ0n) is 17.7. The second-order valence-electron chi connectivity index (χ2n) is 8.37. The number of hydrogen-bond donors (Lipinski definition) is 4. The van der Waals surface area contributed by atoms with E-state index in [2.05, 4.69) is 31.2 Å². The average Bonchev–Trinajstić information content (AvgIpc) is 3.17. The number of thioether (sulfide) groups is 1. The number of hydrogen-bond acceptors (Lipinski definition) is 8. The van der Waals surface area contributed by atoms with E-state index >= 15 is 0 Å². The first-order valence-electron chi connectivity index (χ1n) is 10.8. The van der Waals surface area contributed by atoms with Crippen LogP contribution in [0.5, 0.6) is 0 Å². The molecule has 0 saturated carbocycles. The third kappa shape index (κ3) is 3.42. The van der Waals surface area contributed by atoms with Crippen LogP contribution < -0.4 is 0 Å². The third-order valence-corrected chi connectivity index (χ3v) is 8.01. The minimum absolute atomic E-state index is 0.131. The molecule has 0 radical (unpaired) electrons. The Kier molecular flexibility index (Phi) is 5.69. The molecule has 1 fully saturated rings. The van der Waals surface area contributed by atoms with Crippen molar-refractivity contribution in [2.24, 2.45) is 0 Å². The van der Waals surface area contributed by atoms with Crippen molar-refractivity contribution in [3.63, 3.8) is 0 Å². The van der Waals surface area contributed by atoms with Crippen LogP contribution >= 0.6 is 11.8 Å². The molecule has 5 atom stereocenters. The van der Waals surface area contributed by atoms with Crippen LogP contribution in [0.1, 0.15) is 35.0 Å². The van der Waals surface area contributed by atoms with Gasteiger partial charge >= 0.3 is 0 Å². The summed E-state index contributed by atoms with van der Waals surface area (Å²) in [4.78, 5) is 8.25. The molecule has 32 heavy (non-hydrogen) atoms. The number of aryl methyl sites for hydroxylation is 1. The van der Waals surface area contributed by atoms with Crippen LogP contribution in [0.25, 0.3) is 11.0 Å². The van der Waals surface area contributed by atoms with Crippen LogP contribution in [-0.4, -0.2) is 60.6 Å². The number of para-hydroxylation sites is 1. The predicted molar refractivity (Wildman–Crippen MR) is 121 cm³/mol. The van der Waals surface area contributed by atoms with Crippen LogP contribution in [-0.2, 0) is 29.1 Å². The molecule has 0 bridgehead atoms. The van der Waals surface area contributed by atoms with Crippen molar-refractivity contribution in [1.29, 1.82) is 0 Å². The topological polar surface area (TPSA) is 116 Å². The van der Waals surface area contributed by atoms with E-state index in [9.17, 15) is 20.4 Å². The van der Waals surface area contributed by atoms with Gasteiger partial charge in [-0.2, -0.15) is 0 Å². The first-order valence-corrected chi connectivity index (χ1v) is 11.7. The van der Waals surface area contributed by atoms with E-state index in [-0.39, 0.29) is 13.2 Å². The van der Waals surface area contributed by atoms with Crippen LogP contribution in [0.2, 0.25) is 0 Å². The fourth-order valence-electron chi connectivity index (χ4n) is 4.51. The van der Waals surface area contributed by atoms with Gasteiger partial charge in [0, 0.05) is 0 Å². The highest BCUT2D eigenvalue weighted by Crippen LogP contribution is 2.53. The Bertz CT molecular complexity index is 1140. The van der Waals surface area contributed by atoms with Gasteiger partial charge < -0.3 is 25.2 Å². The zero-order chi connectivity index (χ0) is 22.5. The molecule has 5 rings (SSSR count). The monoisotopic (exact) mass is 454 g/mol. The number of rotatable bonds is 4. The van der Waals surface area contributed by atoms with Crippen molar-refractivity contribution in [1.82, 2.24) is 9.97 Å². The molecule has 8 heteroatoms. The highest BCUT2D eigenvalue weighted by atomic mass is 32.2. The van der Waals surface area contributed by atoms with E-state index in [4.69, 9.17) is 14.7 Å². The number of benzene rings is 2. The van der Waals surface area contributed by atoms with Crippen molar-refractivity contribution >= 4 is 22.8 Å². The number of aliphatic hydroxyl groups excluding tert-OH is 4. The maximum atomic E-state index is 10.9. The van der Waals surface area contributed by atoms with Gasteiger partial charge in [-0.3, -0.25) is 0 Å². The normalized spacial score (nSPS) is 29.5. The lowest BCUT2D eigenvalue weighted by Crippen LogP contribution is -2.58. The van der Waals surface area contributed by atoms with E-state index in [0.29, 0.717) is 23.3 Å². The van der Waals surface area contributed by atoms with E-state index in [0.717, 1.165) is 34.8 Å². The van der Waals surface area contributed by atoms with E-state index in [1.54, 1.807) is 0 Å². The molecule has 1 saturated heterocycles. The van der Waals surface area contributed by atoms with Gasteiger partial charge in [0.1, 0.15) is 17.9 Å². The molecular weight excluding hydrogens is 428 g/mol. The first kappa shape index (κ1) is 21.8. The molecule has 0 unspecified atom stereocenters. The molecule has 1 aromatic heterocycles. The molecule has 3 aromatic rings. The van der Waals surface area contributed by atoms with Gasteiger partial charge in [0.2, 0.25) is 0 Å². The van der Waals surface area contributed by atoms with Gasteiger partial charge in [-0.1, -0.05) is 43.3 Å². The Morgan fingerprint density at radius 1 is 1.03 bits per heavy atom. The van der Waals surface area contributed by atoms with Crippen LogP contribution in [0.15, 0.2) is 42.5 Å². The summed E-state index contributed by atoms with van der Waals surface area (Å²) in [5, 5.41) is 40.6. The largest absolute Gasteiger partial charge is 0.395 e. The molecule has 2 aromatic carbocycles. The fourth-order valence-corrected chi connectivity index (χ4v) is 6.01. The summed E-state index contributed by atoms with van der Waals surface area (Å²) >= 11 is 1.09.